The van der Waals surface area contributed by atoms with E-state index in [0.717, 1.165) is 35.1 Å². The van der Waals surface area contributed by atoms with Crippen LogP contribution in [0.2, 0.25) is 10.0 Å². The van der Waals surface area contributed by atoms with Crippen molar-refractivity contribution in [2.24, 2.45) is 0 Å². The van der Waals surface area contributed by atoms with Crippen LogP contribution in [-0.4, -0.2) is 5.78 Å². The van der Waals surface area contributed by atoms with Gasteiger partial charge in [-0.2, -0.15) is 0 Å². The molecule has 1 fully saturated rings. The Labute approximate surface area is 139 Å². The molecule has 1 aliphatic rings. The van der Waals surface area contributed by atoms with Gasteiger partial charge < -0.3 is 0 Å². The van der Waals surface area contributed by atoms with Crippen LogP contribution in [0.25, 0.3) is 12.2 Å². The normalized spacial score (nSPS) is 18.4. The van der Waals surface area contributed by atoms with E-state index in [1.807, 2.05) is 60.7 Å². The predicted molar refractivity (Wildman–Crippen MR) is 93.1 cm³/mol. The molecule has 0 atom stereocenters. The van der Waals surface area contributed by atoms with Gasteiger partial charge in [0.15, 0.2) is 5.78 Å². The monoisotopic (exact) mass is 328 g/mol. The second-order valence-electron chi connectivity index (χ2n) is 5.21. The first-order valence-electron chi connectivity index (χ1n) is 7.10. The number of ketones is 1. The van der Waals surface area contributed by atoms with Crippen molar-refractivity contribution in [3.05, 3.63) is 80.8 Å². The average molecular weight is 329 g/mol. The first-order valence-corrected chi connectivity index (χ1v) is 7.85. The van der Waals surface area contributed by atoms with Gasteiger partial charge in [-0.25, -0.2) is 0 Å². The summed E-state index contributed by atoms with van der Waals surface area (Å²) in [6, 6.07) is 15.1. The van der Waals surface area contributed by atoms with E-state index in [1.54, 1.807) is 0 Å². The molecule has 0 aliphatic heterocycles. The van der Waals surface area contributed by atoms with Crippen molar-refractivity contribution in [3.63, 3.8) is 0 Å². The van der Waals surface area contributed by atoms with Crippen molar-refractivity contribution in [3.8, 4) is 0 Å². The standard InChI is InChI=1S/C19H14Cl2O/c20-17-7-3-1-5-13(17)11-15-9-10-16(19(15)22)12-14-6-2-4-8-18(14)21/h1-8,11-12H,9-10H2/b15-11-,16-12+. The zero-order valence-electron chi connectivity index (χ0n) is 11.9. The van der Waals surface area contributed by atoms with Gasteiger partial charge >= 0.3 is 0 Å². The summed E-state index contributed by atoms with van der Waals surface area (Å²) in [5, 5.41) is 1.32. The summed E-state index contributed by atoms with van der Waals surface area (Å²) in [6.07, 6.45) is 5.25. The van der Waals surface area contributed by atoms with Crippen molar-refractivity contribution in [2.75, 3.05) is 0 Å². The molecule has 3 heteroatoms. The molecule has 3 rings (SSSR count). The third kappa shape index (κ3) is 3.16. The minimum Gasteiger partial charge on any atom is -0.289 e. The Hall–Kier alpha value is -1.83. The lowest BCUT2D eigenvalue weighted by atomic mass is 10.1. The summed E-state index contributed by atoms with van der Waals surface area (Å²) in [6.45, 7) is 0. The van der Waals surface area contributed by atoms with Crippen LogP contribution >= 0.6 is 23.2 Å². The first-order chi connectivity index (χ1) is 10.6. The number of benzene rings is 2. The van der Waals surface area contributed by atoms with Gasteiger partial charge in [-0.3, -0.25) is 4.79 Å². The third-order valence-electron chi connectivity index (χ3n) is 3.72. The molecule has 0 spiro atoms. The summed E-state index contributed by atoms with van der Waals surface area (Å²) in [5.41, 5.74) is 3.36. The molecule has 1 nitrogen and oxygen atoms in total. The Morgan fingerprint density at radius 2 is 1.14 bits per heavy atom. The van der Waals surface area contributed by atoms with Gasteiger partial charge in [0.05, 0.1) is 0 Å². The Bertz CT molecular complexity index is 722. The summed E-state index contributed by atoms with van der Waals surface area (Å²) < 4.78 is 0. The molecule has 0 radical (unpaired) electrons. The SMILES string of the molecule is O=C1/C(=C\c2ccccc2Cl)CC/C1=C\c1ccccc1Cl. The van der Waals surface area contributed by atoms with Crippen LogP contribution in [0.4, 0.5) is 0 Å². The Balaban J connectivity index is 1.90. The van der Waals surface area contributed by atoms with E-state index in [-0.39, 0.29) is 5.78 Å². The van der Waals surface area contributed by atoms with Crippen LogP contribution < -0.4 is 0 Å². The highest BCUT2D eigenvalue weighted by Crippen LogP contribution is 2.31. The Morgan fingerprint density at radius 1 is 0.727 bits per heavy atom. The lowest BCUT2D eigenvalue weighted by molar-refractivity contribution is -0.111. The number of hydrogen-bond donors (Lipinski definition) is 0. The van der Waals surface area contributed by atoms with Crippen molar-refractivity contribution in [2.45, 2.75) is 12.8 Å². The van der Waals surface area contributed by atoms with E-state index in [0.29, 0.717) is 10.0 Å². The topological polar surface area (TPSA) is 17.1 Å². The zero-order valence-corrected chi connectivity index (χ0v) is 13.4. The highest BCUT2D eigenvalue weighted by molar-refractivity contribution is 6.33. The summed E-state index contributed by atoms with van der Waals surface area (Å²) in [7, 11) is 0. The van der Waals surface area contributed by atoms with Gasteiger partial charge in [-0.1, -0.05) is 59.6 Å². The number of halogens is 2. The van der Waals surface area contributed by atoms with Crippen LogP contribution in [0.15, 0.2) is 59.7 Å². The maximum Gasteiger partial charge on any atom is 0.185 e. The zero-order chi connectivity index (χ0) is 15.5. The van der Waals surface area contributed by atoms with Gasteiger partial charge in [0.2, 0.25) is 0 Å². The minimum atomic E-state index is 0.0832. The maximum atomic E-state index is 12.5. The number of Topliss-reactive ketones (excluding diaryl/α,β-unsaturated/α-hetero) is 1. The van der Waals surface area contributed by atoms with Crippen molar-refractivity contribution >= 4 is 41.1 Å². The molecule has 0 N–H and O–H groups in total. The molecule has 110 valence electrons. The minimum absolute atomic E-state index is 0.0832. The fourth-order valence-electron chi connectivity index (χ4n) is 2.54. The van der Waals surface area contributed by atoms with Crippen LogP contribution in [0.5, 0.6) is 0 Å². The van der Waals surface area contributed by atoms with E-state index in [4.69, 9.17) is 23.2 Å². The highest BCUT2D eigenvalue weighted by atomic mass is 35.5. The molecule has 0 unspecified atom stereocenters. The average Bonchev–Trinajstić information content (AvgIpc) is 2.85. The molecule has 0 heterocycles. The van der Waals surface area contributed by atoms with Crippen LogP contribution in [-0.2, 0) is 4.79 Å². The number of allylic oxidation sites excluding steroid dienone is 2. The lowest BCUT2D eigenvalue weighted by Crippen LogP contribution is -1.95. The molecule has 22 heavy (non-hydrogen) atoms. The number of carbonyl (C=O) groups excluding carboxylic acids is 1. The van der Waals surface area contributed by atoms with E-state index >= 15 is 0 Å². The smallest absolute Gasteiger partial charge is 0.185 e. The van der Waals surface area contributed by atoms with Gasteiger partial charge in [0.25, 0.3) is 0 Å². The predicted octanol–water partition coefficient (Wildman–Crippen LogP) is 5.82. The maximum absolute atomic E-state index is 12.5. The summed E-state index contributed by atoms with van der Waals surface area (Å²) >= 11 is 12.3. The third-order valence-corrected chi connectivity index (χ3v) is 4.41. The second kappa shape index (κ2) is 6.51. The van der Waals surface area contributed by atoms with E-state index in [9.17, 15) is 4.79 Å². The lowest BCUT2D eigenvalue weighted by Gasteiger charge is -2.00. The molecule has 0 bridgehead atoms. The molecule has 0 amide bonds. The van der Waals surface area contributed by atoms with E-state index < -0.39 is 0 Å². The summed E-state index contributed by atoms with van der Waals surface area (Å²) in [4.78, 5) is 12.5. The van der Waals surface area contributed by atoms with Crippen molar-refractivity contribution < 1.29 is 4.79 Å². The quantitative estimate of drug-likeness (QED) is 0.634. The number of carbonyl (C=O) groups is 1. The van der Waals surface area contributed by atoms with Crippen LogP contribution in [0, 0.1) is 0 Å². The van der Waals surface area contributed by atoms with Gasteiger partial charge in [0, 0.05) is 21.2 Å². The first kappa shape index (κ1) is 15.1. The van der Waals surface area contributed by atoms with E-state index in [2.05, 4.69) is 0 Å². The number of rotatable bonds is 2. The van der Waals surface area contributed by atoms with Gasteiger partial charge in [-0.15, -0.1) is 0 Å². The fourth-order valence-corrected chi connectivity index (χ4v) is 2.92. The van der Waals surface area contributed by atoms with E-state index in [1.165, 1.54) is 0 Å². The molecule has 1 aliphatic carbocycles. The second-order valence-corrected chi connectivity index (χ2v) is 6.03. The molecule has 2 aromatic carbocycles. The molecule has 1 saturated carbocycles. The molecule has 0 saturated heterocycles. The molecular weight excluding hydrogens is 315 g/mol. The highest BCUT2D eigenvalue weighted by Gasteiger charge is 2.23. The van der Waals surface area contributed by atoms with Crippen LogP contribution in [0.3, 0.4) is 0 Å². The summed E-state index contributed by atoms with van der Waals surface area (Å²) in [5.74, 6) is 0.0832. The Morgan fingerprint density at radius 3 is 1.55 bits per heavy atom. The Kier molecular flexibility index (Phi) is 4.47. The van der Waals surface area contributed by atoms with Crippen LogP contribution in [0.1, 0.15) is 24.0 Å². The largest absolute Gasteiger partial charge is 0.289 e. The molecule has 0 aromatic heterocycles. The number of hydrogen-bond acceptors (Lipinski definition) is 1. The van der Waals surface area contributed by atoms with Crippen molar-refractivity contribution in [1.82, 2.24) is 0 Å². The fraction of sp³-hybridized carbons (Fsp3) is 0.105. The molecule has 2 aromatic rings. The van der Waals surface area contributed by atoms with Gasteiger partial charge in [-0.05, 0) is 48.3 Å². The van der Waals surface area contributed by atoms with Crippen molar-refractivity contribution in [1.29, 1.82) is 0 Å². The van der Waals surface area contributed by atoms with Gasteiger partial charge in [0.1, 0.15) is 0 Å². The molecular formula is C19H14Cl2O.